The second-order valence-corrected chi connectivity index (χ2v) is 7.70. The Morgan fingerprint density at radius 2 is 2.05 bits per heavy atom. The molecule has 1 saturated heterocycles. The minimum absolute atomic E-state index is 0.160. The van der Waals surface area contributed by atoms with Gasteiger partial charge in [0.15, 0.2) is 5.67 Å². The van der Waals surface area contributed by atoms with E-state index in [-0.39, 0.29) is 24.8 Å². The standard InChI is InChI=1S/C14H23FN2O2S/c1-9-5-4-8-17(9)11(18)10(13(2,3)20)16-12(19)14(15)6-7-14/h9-10,20H,4-8H2,1-3H3,(H,16,19). The van der Waals surface area contributed by atoms with Crippen molar-refractivity contribution in [2.75, 3.05) is 6.54 Å². The number of rotatable bonds is 4. The van der Waals surface area contributed by atoms with Crippen LogP contribution in [0, 0.1) is 0 Å². The van der Waals surface area contributed by atoms with Crippen molar-refractivity contribution >= 4 is 24.4 Å². The lowest BCUT2D eigenvalue weighted by atomic mass is 10.0. The molecule has 1 aliphatic heterocycles. The van der Waals surface area contributed by atoms with Crippen LogP contribution in [0.25, 0.3) is 0 Å². The van der Waals surface area contributed by atoms with Gasteiger partial charge < -0.3 is 10.2 Å². The van der Waals surface area contributed by atoms with Crippen molar-refractivity contribution in [1.82, 2.24) is 10.2 Å². The third-order valence-electron chi connectivity index (χ3n) is 4.16. The summed E-state index contributed by atoms with van der Waals surface area (Å²) in [6, 6.07) is -0.634. The molecule has 114 valence electrons. The number of carbonyl (C=O) groups excluding carboxylic acids is 2. The number of nitrogens with one attached hydrogen (secondary N) is 1. The molecule has 4 nitrogen and oxygen atoms in total. The van der Waals surface area contributed by atoms with Crippen molar-refractivity contribution in [1.29, 1.82) is 0 Å². The van der Waals surface area contributed by atoms with E-state index >= 15 is 0 Å². The van der Waals surface area contributed by atoms with Crippen LogP contribution in [0.15, 0.2) is 0 Å². The molecule has 2 atom stereocenters. The van der Waals surface area contributed by atoms with Gasteiger partial charge in [-0.1, -0.05) is 0 Å². The van der Waals surface area contributed by atoms with Gasteiger partial charge >= 0.3 is 0 Å². The molecule has 0 bridgehead atoms. The van der Waals surface area contributed by atoms with Crippen molar-refractivity contribution < 1.29 is 14.0 Å². The number of amides is 2. The molecule has 20 heavy (non-hydrogen) atoms. The van der Waals surface area contributed by atoms with E-state index in [1.165, 1.54) is 0 Å². The Balaban J connectivity index is 2.11. The van der Waals surface area contributed by atoms with Crippen LogP contribution in [0.2, 0.25) is 0 Å². The highest BCUT2D eigenvalue weighted by atomic mass is 32.1. The van der Waals surface area contributed by atoms with E-state index in [0.717, 1.165) is 12.8 Å². The summed E-state index contributed by atoms with van der Waals surface area (Å²) in [5.41, 5.74) is -1.77. The van der Waals surface area contributed by atoms with E-state index in [9.17, 15) is 14.0 Å². The van der Waals surface area contributed by atoms with Crippen LogP contribution in [0.4, 0.5) is 4.39 Å². The quantitative estimate of drug-likeness (QED) is 0.777. The van der Waals surface area contributed by atoms with Gasteiger partial charge in [0.2, 0.25) is 5.91 Å². The highest BCUT2D eigenvalue weighted by Gasteiger charge is 2.53. The fraction of sp³-hybridized carbons (Fsp3) is 0.857. The first-order valence-electron chi connectivity index (χ1n) is 7.18. The third kappa shape index (κ3) is 3.10. The van der Waals surface area contributed by atoms with E-state index in [0.29, 0.717) is 6.54 Å². The second kappa shape index (κ2) is 5.20. The number of likely N-dealkylation sites (tertiary alicyclic amines) is 1. The SMILES string of the molecule is CC1CCCN1C(=O)C(NC(=O)C1(F)CC1)C(C)(C)S. The molecule has 0 spiro atoms. The van der Waals surface area contributed by atoms with E-state index < -0.39 is 22.4 Å². The third-order valence-corrected chi connectivity index (χ3v) is 4.42. The molecule has 1 heterocycles. The lowest BCUT2D eigenvalue weighted by Crippen LogP contribution is -2.58. The van der Waals surface area contributed by atoms with E-state index in [4.69, 9.17) is 0 Å². The minimum atomic E-state index is -1.77. The molecule has 1 N–H and O–H groups in total. The highest BCUT2D eigenvalue weighted by Crippen LogP contribution is 2.40. The van der Waals surface area contributed by atoms with Gasteiger partial charge in [0, 0.05) is 17.3 Å². The normalized spacial score (nSPS) is 26.2. The second-order valence-electron chi connectivity index (χ2n) is 6.55. The number of nitrogens with zero attached hydrogens (tertiary/aromatic N) is 1. The maximum Gasteiger partial charge on any atom is 0.258 e. The monoisotopic (exact) mass is 302 g/mol. The Morgan fingerprint density at radius 1 is 1.45 bits per heavy atom. The van der Waals surface area contributed by atoms with Gasteiger partial charge in [0.05, 0.1) is 0 Å². The van der Waals surface area contributed by atoms with Crippen LogP contribution in [0.1, 0.15) is 46.5 Å². The summed E-state index contributed by atoms with van der Waals surface area (Å²) in [4.78, 5) is 26.3. The predicted molar refractivity (Wildman–Crippen MR) is 78.5 cm³/mol. The number of carbonyl (C=O) groups is 2. The first kappa shape index (κ1) is 15.6. The Hall–Kier alpha value is -0.780. The molecule has 2 rings (SSSR count). The van der Waals surface area contributed by atoms with Crippen molar-refractivity contribution in [2.24, 2.45) is 0 Å². The fourth-order valence-electron chi connectivity index (χ4n) is 2.56. The van der Waals surface area contributed by atoms with E-state index in [2.05, 4.69) is 17.9 Å². The Bertz CT molecular complexity index is 418. The van der Waals surface area contributed by atoms with Gasteiger partial charge in [0.1, 0.15) is 6.04 Å². The highest BCUT2D eigenvalue weighted by molar-refractivity contribution is 7.81. The first-order valence-corrected chi connectivity index (χ1v) is 7.62. The number of hydrogen-bond donors (Lipinski definition) is 2. The van der Waals surface area contributed by atoms with Crippen LogP contribution in [-0.4, -0.2) is 45.8 Å². The molecule has 1 aliphatic carbocycles. The number of hydrogen-bond acceptors (Lipinski definition) is 3. The average molecular weight is 302 g/mol. The lowest BCUT2D eigenvalue weighted by Gasteiger charge is -2.34. The summed E-state index contributed by atoms with van der Waals surface area (Å²) in [6.45, 7) is 6.21. The molecule has 0 radical (unpaired) electrons. The van der Waals surface area contributed by atoms with Crippen LogP contribution in [-0.2, 0) is 9.59 Å². The maximum atomic E-state index is 13.8. The largest absolute Gasteiger partial charge is 0.340 e. The predicted octanol–water partition coefficient (Wildman–Crippen LogP) is 1.69. The van der Waals surface area contributed by atoms with Gasteiger partial charge in [-0.15, -0.1) is 0 Å². The van der Waals surface area contributed by atoms with E-state index in [1.807, 2.05) is 6.92 Å². The van der Waals surface area contributed by atoms with Crippen molar-refractivity contribution in [3.05, 3.63) is 0 Å². The molecule has 2 fully saturated rings. The fourth-order valence-corrected chi connectivity index (χ4v) is 2.74. The van der Waals surface area contributed by atoms with Gasteiger partial charge in [-0.2, -0.15) is 12.6 Å². The first-order chi connectivity index (χ1) is 9.15. The molecule has 2 unspecified atom stereocenters. The molecule has 0 aromatic rings. The van der Waals surface area contributed by atoms with Crippen molar-refractivity contribution in [2.45, 2.75) is 69.0 Å². The summed E-state index contributed by atoms with van der Waals surface area (Å²) >= 11 is 4.42. The van der Waals surface area contributed by atoms with Crippen molar-refractivity contribution in [3.8, 4) is 0 Å². The van der Waals surface area contributed by atoms with Crippen molar-refractivity contribution in [3.63, 3.8) is 0 Å². The molecule has 0 aromatic heterocycles. The van der Waals surface area contributed by atoms with Crippen LogP contribution in [0.3, 0.4) is 0 Å². The van der Waals surface area contributed by atoms with Gasteiger partial charge in [-0.3, -0.25) is 9.59 Å². The zero-order valence-electron chi connectivity index (χ0n) is 12.3. The molecular weight excluding hydrogens is 279 g/mol. The Morgan fingerprint density at radius 3 is 2.45 bits per heavy atom. The summed E-state index contributed by atoms with van der Waals surface area (Å²) in [5.74, 6) is -0.836. The number of alkyl halides is 1. The maximum absolute atomic E-state index is 13.8. The van der Waals surface area contributed by atoms with Gasteiger partial charge in [-0.05, 0) is 46.5 Å². The average Bonchev–Trinajstić information content (AvgIpc) is 2.94. The molecule has 2 aliphatic rings. The summed E-state index contributed by atoms with van der Waals surface area (Å²) in [7, 11) is 0. The smallest absolute Gasteiger partial charge is 0.258 e. The zero-order chi connectivity index (χ0) is 15.1. The minimum Gasteiger partial charge on any atom is -0.340 e. The van der Waals surface area contributed by atoms with Gasteiger partial charge in [-0.25, -0.2) is 4.39 Å². The van der Waals surface area contributed by atoms with Crippen LogP contribution >= 0.6 is 12.6 Å². The molecule has 2 amide bonds. The van der Waals surface area contributed by atoms with Gasteiger partial charge in [0.25, 0.3) is 5.91 Å². The Kier molecular flexibility index (Phi) is 4.06. The molecular formula is C14H23FN2O2S. The lowest BCUT2D eigenvalue weighted by molar-refractivity contribution is -0.139. The zero-order valence-corrected chi connectivity index (χ0v) is 13.2. The molecule has 6 heteroatoms. The number of halogens is 1. The summed E-state index contributed by atoms with van der Waals surface area (Å²) in [5, 5.41) is 2.58. The van der Waals surface area contributed by atoms with E-state index in [1.54, 1.807) is 18.7 Å². The Labute approximate surface area is 124 Å². The topological polar surface area (TPSA) is 49.4 Å². The summed E-state index contributed by atoms with van der Waals surface area (Å²) in [6.07, 6.45) is 2.42. The molecule has 0 aromatic carbocycles. The summed E-state index contributed by atoms with van der Waals surface area (Å²) < 4.78 is 13.1. The molecule has 1 saturated carbocycles. The number of thiol groups is 1. The van der Waals surface area contributed by atoms with Crippen LogP contribution < -0.4 is 5.32 Å². The van der Waals surface area contributed by atoms with Crippen LogP contribution in [0.5, 0.6) is 0 Å².